The maximum atomic E-state index is 12.2. The van der Waals surface area contributed by atoms with Gasteiger partial charge in [-0.1, -0.05) is 24.3 Å². The average molecular weight is 321 g/mol. The second kappa shape index (κ2) is 5.78. The Morgan fingerprint density at radius 1 is 1.00 bits per heavy atom. The molecule has 0 fully saturated rings. The lowest BCUT2D eigenvalue weighted by Crippen LogP contribution is -2.16. The molecule has 0 atom stereocenters. The van der Waals surface area contributed by atoms with Gasteiger partial charge in [0.15, 0.2) is 0 Å². The minimum atomic E-state index is -0.0785. The summed E-state index contributed by atoms with van der Waals surface area (Å²) < 4.78 is 1.77. The summed E-state index contributed by atoms with van der Waals surface area (Å²) in [4.78, 5) is 16.3. The zero-order valence-corrected chi connectivity index (χ0v) is 13.1. The van der Waals surface area contributed by atoms with Gasteiger partial charge in [0.2, 0.25) is 0 Å². The Morgan fingerprint density at radius 2 is 1.87 bits per heavy atom. The third kappa shape index (κ3) is 2.78. The van der Waals surface area contributed by atoms with Crippen LogP contribution in [0.25, 0.3) is 11.0 Å². The zero-order valence-electron chi connectivity index (χ0n) is 12.3. The highest BCUT2D eigenvalue weighted by Gasteiger charge is 2.08. The molecule has 0 radical (unpaired) electrons. The van der Waals surface area contributed by atoms with Crippen molar-refractivity contribution in [3.8, 4) is 0 Å². The first-order chi connectivity index (χ1) is 11.3. The summed E-state index contributed by atoms with van der Waals surface area (Å²) in [5.41, 5.74) is 3.65. The average Bonchev–Trinajstić information content (AvgIpc) is 3.17. The Hall–Kier alpha value is -2.79. The van der Waals surface area contributed by atoms with Gasteiger partial charge in [-0.05, 0) is 41.8 Å². The number of para-hydroxylation sites is 1. The first-order valence-corrected chi connectivity index (χ1v) is 8.24. The first-order valence-electron chi connectivity index (χ1n) is 7.37. The maximum absolute atomic E-state index is 12.2. The van der Waals surface area contributed by atoms with Crippen molar-refractivity contribution in [3.63, 3.8) is 0 Å². The van der Waals surface area contributed by atoms with E-state index in [0.29, 0.717) is 6.54 Å². The minimum absolute atomic E-state index is 0.0785. The van der Waals surface area contributed by atoms with Crippen molar-refractivity contribution in [3.05, 3.63) is 81.4 Å². The SMILES string of the molecule is O=c1[nH]c2cc(Nc3ccccc3)ccc2n1Cc1cccs1. The maximum Gasteiger partial charge on any atom is 0.326 e. The molecule has 0 aliphatic carbocycles. The molecule has 0 unspecified atom stereocenters. The molecule has 0 saturated carbocycles. The standard InChI is InChI=1S/C18H15N3OS/c22-18-20-16-11-14(19-13-5-2-1-3-6-13)8-9-17(16)21(18)12-15-7-4-10-23-15/h1-11,19H,12H2,(H,20,22). The smallest absolute Gasteiger partial charge is 0.326 e. The molecule has 4 nitrogen and oxygen atoms in total. The van der Waals surface area contributed by atoms with Gasteiger partial charge in [-0.3, -0.25) is 4.57 Å². The second-order valence-corrected chi connectivity index (χ2v) is 6.35. The van der Waals surface area contributed by atoms with Gasteiger partial charge in [0.05, 0.1) is 17.6 Å². The van der Waals surface area contributed by atoms with Gasteiger partial charge in [-0.2, -0.15) is 0 Å². The van der Waals surface area contributed by atoms with Crippen LogP contribution < -0.4 is 11.0 Å². The fourth-order valence-electron chi connectivity index (χ4n) is 2.64. The van der Waals surface area contributed by atoms with E-state index >= 15 is 0 Å². The van der Waals surface area contributed by atoms with Crippen LogP contribution in [0.3, 0.4) is 0 Å². The molecule has 4 rings (SSSR count). The molecule has 5 heteroatoms. The van der Waals surface area contributed by atoms with E-state index in [1.807, 2.05) is 66.0 Å². The number of imidazole rings is 1. The van der Waals surface area contributed by atoms with Crippen LogP contribution in [-0.4, -0.2) is 9.55 Å². The highest BCUT2D eigenvalue weighted by atomic mass is 32.1. The molecule has 0 aliphatic rings. The monoisotopic (exact) mass is 321 g/mol. The Morgan fingerprint density at radius 3 is 2.65 bits per heavy atom. The highest BCUT2D eigenvalue weighted by Crippen LogP contribution is 2.21. The summed E-state index contributed by atoms with van der Waals surface area (Å²) in [6, 6.07) is 20.0. The summed E-state index contributed by atoms with van der Waals surface area (Å²) in [7, 11) is 0. The molecule has 0 aliphatic heterocycles. The molecule has 4 aromatic rings. The lowest BCUT2D eigenvalue weighted by molar-refractivity contribution is 0.798. The third-order valence-corrected chi connectivity index (χ3v) is 4.59. The number of fused-ring (bicyclic) bond motifs is 1. The fourth-order valence-corrected chi connectivity index (χ4v) is 3.34. The van der Waals surface area contributed by atoms with Crippen LogP contribution in [0.1, 0.15) is 4.88 Å². The van der Waals surface area contributed by atoms with Gasteiger partial charge in [0, 0.05) is 16.3 Å². The van der Waals surface area contributed by atoms with Gasteiger partial charge in [0.25, 0.3) is 0 Å². The van der Waals surface area contributed by atoms with Crippen LogP contribution >= 0.6 is 11.3 Å². The van der Waals surface area contributed by atoms with E-state index in [1.54, 1.807) is 15.9 Å². The van der Waals surface area contributed by atoms with Gasteiger partial charge in [-0.15, -0.1) is 11.3 Å². The predicted molar refractivity (Wildman–Crippen MR) is 95.7 cm³/mol. The number of H-pyrrole nitrogens is 1. The highest BCUT2D eigenvalue weighted by molar-refractivity contribution is 7.09. The van der Waals surface area contributed by atoms with Gasteiger partial charge >= 0.3 is 5.69 Å². The van der Waals surface area contributed by atoms with Crippen LogP contribution in [0.5, 0.6) is 0 Å². The first kappa shape index (κ1) is 13.8. The lowest BCUT2D eigenvalue weighted by Gasteiger charge is -2.07. The molecule has 0 bridgehead atoms. The van der Waals surface area contributed by atoms with E-state index in [-0.39, 0.29) is 5.69 Å². The number of hydrogen-bond acceptors (Lipinski definition) is 3. The van der Waals surface area contributed by atoms with Crippen molar-refractivity contribution in [1.29, 1.82) is 0 Å². The second-order valence-electron chi connectivity index (χ2n) is 5.32. The summed E-state index contributed by atoms with van der Waals surface area (Å²) in [6.45, 7) is 0.599. The van der Waals surface area contributed by atoms with Crippen molar-refractivity contribution in [2.24, 2.45) is 0 Å². The zero-order chi connectivity index (χ0) is 15.6. The van der Waals surface area contributed by atoms with E-state index < -0.39 is 0 Å². The molecule has 23 heavy (non-hydrogen) atoms. The van der Waals surface area contributed by atoms with Crippen molar-refractivity contribution in [1.82, 2.24) is 9.55 Å². The number of benzene rings is 2. The number of hydrogen-bond donors (Lipinski definition) is 2. The molecule has 2 N–H and O–H groups in total. The van der Waals surface area contributed by atoms with Gasteiger partial charge in [-0.25, -0.2) is 4.79 Å². The van der Waals surface area contributed by atoms with Crippen LogP contribution in [0.4, 0.5) is 11.4 Å². The Bertz CT molecular complexity index is 984. The number of aromatic amines is 1. The van der Waals surface area contributed by atoms with Crippen LogP contribution in [0, 0.1) is 0 Å². The van der Waals surface area contributed by atoms with E-state index in [1.165, 1.54) is 4.88 Å². The van der Waals surface area contributed by atoms with Crippen molar-refractivity contribution < 1.29 is 0 Å². The summed E-state index contributed by atoms with van der Waals surface area (Å²) >= 11 is 1.66. The Kier molecular flexibility index (Phi) is 3.48. The minimum Gasteiger partial charge on any atom is -0.355 e. The lowest BCUT2D eigenvalue weighted by atomic mass is 10.2. The van der Waals surface area contributed by atoms with Crippen molar-refractivity contribution >= 4 is 33.7 Å². The number of nitrogens with one attached hydrogen (secondary N) is 2. The van der Waals surface area contributed by atoms with E-state index in [0.717, 1.165) is 22.4 Å². The largest absolute Gasteiger partial charge is 0.355 e. The van der Waals surface area contributed by atoms with E-state index in [2.05, 4.69) is 10.3 Å². The summed E-state index contributed by atoms with van der Waals surface area (Å²) in [5, 5.41) is 5.37. The van der Waals surface area contributed by atoms with Gasteiger partial charge in [0.1, 0.15) is 0 Å². The van der Waals surface area contributed by atoms with Crippen molar-refractivity contribution in [2.75, 3.05) is 5.32 Å². The topological polar surface area (TPSA) is 49.8 Å². The molecular weight excluding hydrogens is 306 g/mol. The van der Waals surface area contributed by atoms with Crippen LogP contribution in [0.15, 0.2) is 70.8 Å². The summed E-state index contributed by atoms with van der Waals surface area (Å²) in [5.74, 6) is 0. The molecule has 0 spiro atoms. The molecule has 0 amide bonds. The number of aromatic nitrogens is 2. The Balaban J connectivity index is 1.69. The number of nitrogens with zero attached hydrogens (tertiary/aromatic N) is 1. The predicted octanol–water partition coefficient (Wildman–Crippen LogP) is 4.18. The molecule has 0 saturated heterocycles. The number of thiophene rings is 1. The van der Waals surface area contributed by atoms with E-state index in [9.17, 15) is 4.79 Å². The van der Waals surface area contributed by atoms with Crippen molar-refractivity contribution in [2.45, 2.75) is 6.54 Å². The number of rotatable bonds is 4. The molecule has 2 aromatic carbocycles. The molecule has 2 heterocycles. The normalized spacial score (nSPS) is 11.0. The molecule has 114 valence electrons. The summed E-state index contributed by atoms with van der Waals surface area (Å²) in [6.07, 6.45) is 0. The van der Waals surface area contributed by atoms with Gasteiger partial charge < -0.3 is 10.3 Å². The fraction of sp³-hybridized carbons (Fsp3) is 0.0556. The quantitative estimate of drug-likeness (QED) is 0.592. The number of anilines is 2. The Labute approximate surface area is 137 Å². The van der Waals surface area contributed by atoms with Crippen LogP contribution in [-0.2, 0) is 6.54 Å². The molecule has 2 aromatic heterocycles. The third-order valence-electron chi connectivity index (χ3n) is 3.73. The molecular formula is C18H15N3OS. The van der Waals surface area contributed by atoms with E-state index in [4.69, 9.17) is 0 Å². The van der Waals surface area contributed by atoms with Crippen LogP contribution in [0.2, 0.25) is 0 Å².